The number of rotatable bonds is 2. The number of H-pyrrole nitrogens is 1. The van der Waals surface area contributed by atoms with E-state index in [4.69, 9.17) is 4.74 Å². The number of ether oxygens (including phenoxy) is 1. The molecular formula is C13H14FN3O4. The predicted molar refractivity (Wildman–Crippen MR) is 72.6 cm³/mol. The highest BCUT2D eigenvalue weighted by atomic mass is 19.1. The highest BCUT2D eigenvalue weighted by molar-refractivity contribution is 5.92. The van der Waals surface area contributed by atoms with Crippen LogP contribution in [0.25, 0.3) is 11.0 Å². The molecule has 0 atom stereocenters. The summed E-state index contributed by atoms with van der Waals surface area (Å²) in [5, 5.41) is 10.9. The maximum atomic E-state index is 13.9. The van der Waals surface area contributed by atoms with Gasteiger partial charge in [-0.2, -0.15) is 0 Å². The summed E-state index contributed by atoms with van der Waals surface area (Å²) in [5.41, 5.74) is -0.907. The molecule has 7 nitrogen and oxygen atoms in total. The van der Waals surface area contributed by atoms with Gasteiger partial charge in [0.05, 0.1) is 22.1 Å². The van der Waals surface area contributed by atoms with E-state index in [1.807, 2.05) is 0 Å². The zero-order valence-corrected chi connectivity index (χ0v) is 12.0. The Bertz CT molecular complexity index is 746. The molecule has 0 saturated carbocycles. The number of nitrogens with zero attached hydrogens (tertiary/aromatic N) is 2. The molecule has 8 heteroatoms. The second kappa shape index (κ2) is 4.80. The molecule has 0 amide bonds. The molecule has 0 saturated heterocycles. The average molecular weight is 295 g/mol. The highest BCUT2D eigenvalue weighted by Gasteiger charge is 2.25. The number of aryl methyl sites for hydroxylation is 1. The summed E-state index contributed by atoms with van der Waals surface area (Å²) in [4.78, 5) is 28.5. The van der Waals surface area contributed by atoms with Crippen LogP contribution in [0.5, 0.6) is 0 Å². The maximum absolute atomic E-state index is 13.9. The summed E-state index contributed by atoms with van der Waals surface area (Å²) in [6.07, 6.45) is 0. The zero-order chi connectivity index (χ0) is 15.9. The Morgan fingerprint density at radius 3 is 2.62 bits per heavy atom. The number of esters is 1. The minimum absolute atomic E-state index is 0.113. The molecule has 112 valence electrons. The van der Waals surface area contributed by atoms with E-state index in [0.29, 0.717) is 0 Å². The first-order valence-electron chi connectivity index (χ1n) is 6.16. The number of aromatic amines is 1. The zero-order valence-electron chi connectivity index (χ0n) is 12.0. The summed E-state index contributed by atoms with van der Waals surface area (Å²) in [6.45, 7) is 6.51. The molecule has 1 aromatic heterocycles. The predicted octanol–water partition coefficient (Wildman–Crippen LogP) is 2.87. The molecular weight excluding hydrogens is 281 g/mol. The van der Waals surface area contributed by atoms with Crippen LogP contribution in [0.1, 0.15) is 37.0 Å². The summed E-state index contributed by atoms with van der Waals surface area (Å²) in [6, 6.07) is 0.789. The van der Waals surface area contributed by atoms with Crippen LogP contribution in [0.3, 0.4) is 0 Å². The third-order valence-corrected chi connectivity index (χ3v) is 2.74. The topological polar surface area (TPSA) is 98.1 Å². The molecule has 0 spiro atoms. The third-order valence-electron chi connectivity index (χ3n) is 2.74. The Kier molecular flexibility index (Phi) is 3.40. The van der Waals surface area contributed by atoms with Crippen molar-refractivity contribution in [1.82, 2.24) is 9.97 Å². The number of imidazole rings is 1. The van der Waals surface area contributed by atoms with Crippen molar-refractivity contribution in [2.24, 2.45) is 0 Å². The Balaban J connectivity index is 2.56. The van der Waals surface area contributed by atoms with Gasteiger partial charge in [-0.15, -0.1) is 0 Å². The number of nitro benzene ring substituents is 1. The molecule has 2 aromatic rings. The van der Waals surface area contributed by atoms with Gasteiger partial charge in [-0.3, -0.25) is 10.1 Å². The molecule has 0 radical (unpaired) electrons. The van der Waals surface area contributed by atoms with Crippen LogP contribution in [-0.4, -0.2) is 26.5 Å². The fourth-order valence-corrected chi connectivity index (χ4v) is 1.85. The minimum Gasteiger partial charge on any atom is -0.454 e. The highest BCUT2D eigenvalue weighted by Crippen LogP contribution is 2.28. The Morgan fingerprint density at radius 1 is 1.48 bits per heavy atom. The van der Waals surface area contributed by atoms with E-state index in [9.17, 15) is 19.3 Å². The lowest BCUT2D eigenvalue weighted by molar-refractivity contribution is -0.385. The monoisotopic (exact) mass is 295 g/mol. The van der Waals surface area contributed by atoms with Crippen LogP contribution in [-0.2, 0) is 4.74 Å². The summed E-state index contributed by atoms with van der Waals surface area (Å²) in [7, 11) is 0. The molecule has 21 heavy (non-hydrogen) atoms. The molecule has 0 aliphatic heterocycles. The first-order valence-corrected chi connectivity index (χ1v) is 6.16. The van der Waals surface area contributed by atoms with Gasteiger partial charge in [0, 0.05) is 0 Å². The number of hydrogen-bond acceptors (Lipinski definition) is 5. The van der Waals surface area contributed by atoms with Gasteiger partial charge in [0.15, 0.2) is 5.82 Å². The molecule has 0 unspecified atom stereocenters. The second-order valence-corrected chi connectivity index (χ2v) is 5.57. The van der Waals surface area contributed by atoms with Gasteiger partial charge in [0.25, 0.3) is 5.69 Å². The van der Waals surface area contributed by atoms with Crippen LogP contribution < -0.4 is 0 Å². The van der Waals surface area contributed by atoms with Crippen LogP contribution in [0.2, 0.25) is 0 Å². The number of aromatic nitrogens is 2. The Hall–Kier alpha value is -2.51. The van der Waals surface area contributed by atoms with E-state index < -0.39 is 22.3 Å². The average Bonchev–Trinajstić information content (AvgIpc) is 2.77. The number of nitro groups is 1. The summed E-state index contributed by atoms with van der Waals surface area (Å²) in [5.74, 6) is -1.81. The molecule has 0 fully saturated rings. The van der Waals surface area contributed by atoms with Crippen molar-refractivity contribution in [3.05, 3.63) is 33.4 Å². The van der Waals surface area contributed by atoms with Gasteiger partial charge < -0.3 is 9.72 Å². The van der Waals surface area contributed by atoms with Crippen molar-refractivity contribution in [3.8, 4) is 0 Å². The summed E-state index contributed by atoms with van der Waals surface area (Å²) >= 11 is 0. The SMILES string of the molecule is Cc1c([N+](=O)[O-])cc(F)c2nc(C(=O)OC(C)(C)C)[nH]c12. The minimum atomic E-state index is -0.867. The van der Waals surface area contributed by atoms with E-state index in [2.05, 4.69) is 9.97 Å². The Morgan fingerprint density at radius 2 is 2.10 bits per heavy atom. The van der Waals surface area contributed by atoms with Gasteiger partial charge >= 0.3 is 5.97 Å². The fraction of sp³-hybridized carbons (Fsp3) is 0.385. The third kappa shape index (κ3) is 2.83. The standard InChI is InChI=1S/C13H14FN3O4/c1-6-8(17(19)20)5-7(14)10-9(6)15-11(16-10)12(18)21-13(2,3)4/h5H,1-4H3,(H,15,16). The first kappa shape index (κ1) is 14.9. The molecule has 0 bridgehead atoms. The van der Waals surface area contributed by atoms with Crippen LogP contribution in [0, 0.1) is 22.9 Å². The molecule has 0 aliphatic carbocycles. The van der Waals surface area contributed by atoms with E-state index in [1.54, 1.807) is 20.8 Å². The number of nitrogens with one attached hydrogen (secondary N) is 1. The van der Waals surface area contributed by atoms with Crippen LogP contribution in [0.4, 0.5) is 10.1 Å². The number of benzene rings is 1. The lowest BCUT2D eigenvalue weighted by atomic mass is 10.1. The molecule has 1 N–H and O–H groups in total. The normalized spacial score (nSPS) is 11.7. The smallest absolute Gasteiger partial charge is 0.374 e. The lowest BCUT2D eigenvalue weighted by Crippen LogP contribution is -2.24. The largest absolute Gasteiger partial charge is 0.454 e. The maximum Gasteiger partial charge on any atom is 0.374 e. The number of carbonyl (C=O) groups is 1. The van der Waals surface area contributed by atoms with Crippen molar-refractivity contribution in [2.75, 3.05) is 0 Å². The van der Waals surface area contributed by atoms with Gasteiger partial charge in [0.2, 0.25) is 5.82 Å². The van der Waals surface area contributed by atoms with E-state index in [1.165, 1.54) is 6.92 Å². The second-order valence-electron chi connectivity index (χ2n) is 5.57. The van der Waals surface area contributed by atoms with Gasteiger partial charge in [-0.05, 0) is 27.7 Å². The van der Waals surface area contributed by atoms with E-state index >= 15 is 0 Å². The van der Waals surface area contributed by atoms with Crippen molar-refractivity contribution < 1.29 is 18.8 Å². The van der Waals surface area contributed by atoms with E-state index in [0.717, 1.165) is 6.07 Å². The van der Waals surface area contributed by atoms with Gasteiger partial charge in [-0.1, -0.05) is 0 Å². The number of fused-ring (bicyclic) bond motifs is 1. The number of halogens is 1. The molecule has 1 heterocycles. The number of hydrogen-bond donors (Lipinski definition) is 1. The van der Waals surface area contributed by atoms with Gasteiger partial charge in [-0.25, -0.2) is 14.2 Å². The first-order chi connectivity index (χ1) is 9.60. The molecule has 0 aliphatic rings. The Labute approximate surface area is 119 Å². The van der Waals surface area contributed by atoms with Crippen molar-refractivity contribution in [1.29, 1.82) is 0 Å². The number of carbonyl (C=O) groups excluding carboxylic acids is 1. The quantitative estimate of drug-likeness (QED) is 0.522. The van der Waals surface area contributed by atoms with Gasteiger partial charge in [0.1, 0.15) is 11.1 Å². The lowest BCUT2D eigenvalue weighted by Gasteiger charge is -2.18. The van der Waals surface area contributed by atoms with Crippen LogP contribution in [0.15, 0.2) is 6.07 Å². The molecule has 1 aromatic carbocycles. The molecule has 2 rings (SSSR count). The summed E-state index contributed by atoms with van der Waals surface area (Å²) < 4.78 is 19.0. The van der Waals surface area contributed by atoms with Crippen LogP contribution >= 0.6 is 0 Å². The van der Waals surface area contributed by atoms with E-state index in [-0.39, 0.29) is 28.1 Å². The van der Waals surface area contributed by atoms with Crippen molar-refractivity contribution in [3.63, 3.8) is 0 Å². The fourth-order valence-electron chi connectivity index (χ4n) is 1.85. The van der Waals surface area contributed by atoms with Crippen molar-refractivity contribution >= 4 is 22.7 Å². The van der Waals surface area contributed by atoms with Crippen molar-refractivity contribution in [2.45, 2.75) is 33.3 Å².